The third kappa shape index (κ3) is 3.45. The van der Waals surface area contributed by atoms with Crippen LogP contribution in [0, 0.1) is 0 Å². The number of nitrogens with one attached hydrogen (secondary N) is 2. The van der Waals surface area contributed by atoms with Crippen LogP contribution in [-0.2, 0) is 9.59 Å². The molecule has 132 valence electrons. The van der Waals surface area contributed by atoms with Crippen molar-refractivity contribution in [2.45, 2.75) is 58.2 Å². The molecule has 2 saturated heterocycles. The van der Waals surface area contributed by atoms with Crippen LogP contribution in [0.2, 0.25) is 0 Å². The second kappa shape index (κ2) is 7.49. The number of carbonyl (C=O) groups is 3. The number of hydrogen-bond acceptors (Lipinski definition) is 4. The fourth-order valence-electron chi connectivity index (χ4n) is 3.18. The van der Waals surface area contributed by atoms with Crippen LogP contribution in [0.1, 0.15) is 40.5 Å². The number of nitrogens with zero attached hydrogens (tertiary/aromatic N) is 2. The minimum Gasteiger partial charge on any atom is -0.336 e. The van der Waals surface area contributed by atoms with Crippen molar-refractivity contribution in [2.24, 2.45) is 0 Å². The smallest absolute Gasteiger partial charge is 0.325 e. The van der Waals surface area contributed by atoms with E-state index in [1.807, 2.05) is 27.7 Å². The number of piperazine rings is 1. The minimum absolute atomic E-state index is 0. The van der Waals surface area contributed by atoms with Crippen molar-refractivity contribution in [3.8, 4) is 0 Å². The molecule has 23 heavy (non-hydrogen) atoms. The standard InChI is InChI=1S/C15H26N4O3.ClH/c1-5-15(6-2)13(21)19(14(22)17-15)9-12(20)18-8-7-16-10(3)11(18)4;/h10-11,16H,5-9H2,1-4H3,(H,17,22);1H. The van der Waals surface area contributed by atoms with Crippen LogP contribution >= 0.6 is 12.4 Å². The highest BCUT2D eigenvalue weighted by atomic mass is 35.5. The number of urea groups is 1. The lowest BCUT2D eigenvalue weighted by Crippen LogP contribution is -2.59. The molecule has 0 bridgehead atoms. The lowest BCUT2D eigenvalue weighted by atomic mass is 9.93. The van der Waals surface area contributed by atoms with Gasteiger partial charge in [0.1, 0.15) is 12.1 Å². The van der Waals surface area contributed by atoms with E-state index in [1.165, 1.54) is 0 Å². The third-order valence-electron chi connectivity index (χ3n) is 5.10. The number of halogens is 1. The van der Waals surface area contributed by atoms with E-state index in [1.54, 1.807) is 4.90 Å². The van der Waals surface area contributed by atoms with E-state index in [0.717, 1.165) is 11.4 Å². The maximum atomic E-state index is 12.5. The molecule has 2 atom stereocenters. The molecule has 2 aliphatic heterocycles. The van der Waals surface area contributed by atoms with Gasteiger partial charge in [-0.3, -0.25) is 14.5 Å². The summed E-state index contributed by atoms with van der Waals surface area (Å²) < 4.78 is 0. The Morgan fingerprint density at radius 1 is 1.26 bits per heavy atom. The van der Waals surface area contributed by atoms with Crippen LogP contribution in [0.5, 0.6) is 0 Å². The summed E-state index contributed by atoms with van der Waals surface area (Å²) in [5.41, 5.74) is -0.847. The first-order valence-electron chi connectivity index (χ1n) is 8.03. The zero-order valence-electron chi connectivity index (χ0n) is 14.2. The fraction of sp³-hybridized carbons (Fsp3) is 0.800. The largest absolute Gasteiger partial charge is 0.336 e. The monoisotopic (exact) mass is 346 g/mol. The van der Waals surface area contributed by atoms with Gasteiger partial charge in [0.2, 0.25) is 5.91 Å². The summed E-state index contributed by atoms with van der Waals surface area (Å²) in [5, 5.41) is 6.05. The minimum atomic E-state index is -0.847. The van der Waals surface area contributed by atoms with Crippen LogP contribution in [-0.4, -0.2) is 64.9 Å². The highest BCUT2D eigenvalue weighted by Crippen LogP contribution is 2.25. The molecule has 7 nitrogen and oxygen atoms in total. The van der Waals surface area contributed by atoms with Crippen molar-refractivity contribution >= 4 is 30.3 Å². The van der Waals surface area contributed by atoms with E-state index in [0.29, 0.717) is 19.4 Å². The van der Waals surface area contributed by atoms with Crippen molar-refractivity contribution < 1.29 is 14.4 Å². The Morgan fingerprint density at radius 2 is 1.87 bits per heavy atom. The van der Waals surface area contributed by atoms with Crippen LogP contribution in [0.15, 0.2) is 0 Å². The molecule has 2 heterocycles. The summed E-state index contributed by atoms with van der Waals surface area (Å²) in [7, 11) is 0. The SMILES string of the molecule is CCC1(CC)NC(=O)N(CC(=O)N2CCNC(C)C2C)C1=O.Cl. The number of imide groups is 1. The average Bonchev–Trinajstić information content (AvgIpc) is 2.74. The van der Waals surface area contributed by atoms with E-state index in [-0.39, 0.29) is 42.8 Å². The highest BCUT2D eigenvalue weighted by Gasteiger charge is 2.49. The highest BCUT2D eigenvalue weighted by molar-refractivity contribution is 6.09. The van der Waals surface area contributed by atoms with Gasteiger partial charge in [-0.05, 0) is 26.7 Å². The Morgan fingerprint density at radius 3 is 2.39 bits per heavy atom. The Balaban J connectivity index is 0.00000264. The van der Waals surface area contributed by atoms with Gasteiger partial charge >= 0.3 is 6.03 Å². The van der Waals surface area contributed by atoms with E-state index in [4.69, 9.17) is 0 Å². The molecular weight excluding hydrogens is 320 g/mol. The van der Waals surface area contributed by atoms with Crippen molar-refractivity contribution in [1.82, 2.24) is 20.4 Å². The predicted octanol–water partition coefficient (Wildman–Crippen LogP) is 0.728. The van der Waals surface area contributed by atoms with Gasteiger partial charge in [0.15, 0.2) is 0 Å². The Labute approximate surface area is 143 Å². The summed E-state index contributed by atoms with van der Waals surface area (Å²) in [6, 6.07) is -0.215. The van der Waals surface area contributed by atoms with Crippen LogP contribution in [0.25, 0.3) is 0 Å². The van der Waals surface area contributed by atoms with Crippen molar-refractivity contribution in [2.75, 3.05) is 19.6 Å². The maximum absolute atomic E-state index is 12.5. The summed E-state index contributed by atoms with van der Waals surface area (Å²) >= 11 is 0. The maximum Gasteiger partial charge on any atom is 0.325 e. The first-order valence-corrected chi connectivity index (χ1v) is 8.03. The molecular formula is C15H27ClN4O3. The van der Waals surface area contributed by atoms with Crippen molar-refractivity contribution in [1.29, 1.82) is 0 Å². The number of rotatable bonds is 4. The molecule has 0 aromatic rings. The third-order valence-corrected chi connectivity index (χ3v) is 5.10. The molecule has 0 saturated carbocycles. The van der Waals surface area contributed by atoms with Gasteiger partial charge in [0, 0.05) is 25.2 Å². The van der Waals surface area contributed by atoms with Crippen molar-refractivity contribution in [3.05, 3.63) is 0 Å². The molecule has 0 spiro atoms. The molecule has 2 aliphatic rings. The normalized spacial score (nSPS) is 26.8. The lowest BCUT2D eigenvalue weighted by Gasteiger charge is -2.39. The molecule has 8 heteroatoms. The second-order valence-corrected chi connectivity index (χ2v) is 6.18. The quantitative estimate of drug-likeness (QED) is 0.735. The molecule has 0 aliphatic carbocycles. The van der Waals surface area contributed by atoms with Gasteiger partial charge < -0.3 is 15.5 Å². The van der Waals surface area contributed by atoms with Gasteiger partial charge in [-0.15, -0.1) is 12.4 Å². The number of carbonyl (C=O) groups excluding carboxylic acids is 3. The average molecular weight is 347 g/mol. The van der Waals surface area contributed by atoms with E-state index >= 15 is 0 Å². The Hall–Kier alpha value is -1.34. The second-order valence-electron chi connectivity index (χ2n) is 6.18. The van der Waals surface area contributed by atoms with Gasteiger partial charge in [-0.1, -0.05) is 13.8 Å². The zero-order chi connectivity index (χ0) is 16.5. The van der Waals surface area contributed by atoms with Gasteiger partial charge in [-0.2, -0.15) is 0 Å². The van der Waals surface area contributed by atoms with Gasteiger partial charge in [-0.25, -0.2) is 4.79 Å². The topological polar surface area (TPSA) is 81.8 Å². The summed E-state index contributed by atoms with van der Waals surface area (Å²) in [6.07, 6.45) is 1.06. The molecule has 0 radical (unpaired) electrons. The van der Waals surface area contributed by atoms with Gasteiger partial charge in [0.05, 0.1) is 0 Å². The molecule has 2 N–H and O–H groups in total. The zero-order valence-corrected chi connectivity index (χ0v) is 15.0. The molecule has 0 aromatic heterocycles. The molecule has 2 unspecified atom stereocenters. The van der Waals surface area contributed by atoms with Crippen LogP contribution in [0.3, 0.4) is 0 Å². The predicted molar refractivity (Wildman–Crippen MR) is 89.4 cm³/mol. The van der Waals surface area contributed by atoms with E-state index in [9.17, 15) is 14.4 Å². The van der Waals surface area contributed by atoms with Crippen LogP contribution in [0.4, 0.5) is 4.79 Å². The van der Waals surface area contributed by atoms with Gasteiger partial charge in [0.25, 0.3) is 5.91 Å². The molecule has 2 rings (SSSR count). The first kappa shape index (κ1) is 19.7. The van der Waals surface area contributed by atoms with E-state index in [2.05, 4.69) is 10.6 Å². The Bertz CT molecular complexity index is 481. The Kier molecular flexibility index (Phi) is 6.41. The van der Waals surface area contributed by atoms with Crippen molar-refractivity contribution in [3.63, 3.8) is 0 Å². The summed E-state index contributed by atoms with van der Waals surface area (Å²) in [4.78, 5) is 39.9. The fourth-order valence-corrected chi connectivity index (χ4v) is 3.18. The number of amides is 4. The molecule has 2 fully saturated rings. The summed E-state index contributed by atoms with van der Waals surface area (Å²) in [5.74, 6) is -0.459. The first-order chi connectivity index (χ1) is 10.4. The molecule has 0 aromatic carbocycles. The van der Waals surface area contributed by atoms with E-state index < -0.39 is 11.6 Å². The van der Waals surface area contributed by atoms with Crippen LogP contribution < -0.4 is 10.6 Å². The summed E-state index contributed by atoms with van der Waals surface area (Å²) in [6.45, 7) is 8.88. The lowest BCUT2D eigenvalue weighted by molar-refractivity contribution is -0.141. The molecule has 4 amide bonds. The number of hydrogen-bond donors (Lipinski definition) is 2.